The largest absolute Gasteiger partial charge is 0.339 e. The van der Waals surface area contributed by atoms with E-state index in [0.717, 1.165) is 18.1 Å². The van der Waals surface area contributed by atoms with Crippen LogP contribution < -0.4 is 0 Å². The van der Waals surface area contributed by atoms with Gasteiger partial charge in [0.25, 0.3) is 0 Å². The van der Waals surface area contributed by atoms with Gasteiger partial charge in [-0.25, -0.2) is 0 Å². The van der Waals surface area contributed by atoms with Crippen molar-refractivity contribution in [2.24, 2.45) is 0 Å². The molecule has 0 aliphatic carbocycles. The van der Waals surface area contributed by atoms with E-state index in [0.29, 0.717) is 11.8 Å². The van der Waals surface area contributed by atoms with Crippen LogP contribution in [0, 0.1) is 0 Å². The zero-order valence-corrected chi connectivity index (χ0v) is 11.0. The van der Waals surface area contributed by atoms with Crippen molar-refractivity contribution in [2.75, 3.05) is 0 Å². The summed E-state index contributed by atoms with van der Waals surface area (Å²) >= 11 is 0. The molecule has 1 aromatic heterocycles. The SMILES string of the molecule is CCCCC(CCC)c1noc(C(C)C)n1. The maximum absolute atomic E-state index is 5.27. The van der Waals surface area contributed by atoms with Gasteiger partial charge in [-0.1, -0.05) is 52.1 Å². The van der Waals surface area contributed by atoms with E-state index in [4.69, 9.17) is 4.52 Å². The predicted octanol–water partition coefficient (Wildman–Crippen LogP) is 4.27. The molecule has 1 heterocycles. The van der Waals surface area contributed by atoms with Crippen LogP contribution in [0.2, 0.25) is 0 Å². The van der Waals surface area contributed by atoms with Gasteiger partial charge in [-0.15, -0.1) is 0 Å². The van der Waals surface area contributed by atoms with Gasteiger partial charge in [0.05, 0.1) is 0 Å². The molecule has 0 fully saturated rings. The minimum Gasteiger partial charge on any atom is -0.339 e. The van der Waals surface area contributed by atoms with Gasteiger partial charge in [0.15, 0.2) is 5.82 Å². The van der Waals surface area contributed by atoms with Crippen molar-refractivity contribution in [3.63, 3.8) is 0 Å². The Morgan fingerprint density at radius 3 is 2.38 bits per heavy atom. The Kier molecular flexibility index (Phi) is 5.50. The molecule has 0 aromatic carbocycles. The summed E-state index contributed by atoms with van der Waals surface area (Å²) in [7, 11) is 0. The summed E-state index contributed by atoms with van der Waals surface area (Å²) in [6.45, 7) is 8.59. The molecule has 0 spiro atoms. The standard InChI is InChI=1S/C13H24N2O/c1-5-7-9-11(8-6-2)12-14-13(10(3)4)16-15-12/h10-11H,5-9H2,1-4H3. The second-order valence-electron chi connectivity index (χ2n) is 4.77. The Balaban J connectivity index is 2.67. The number of nitrogens with zero attached hydrogens (tertiary/aromatic N) is 2. The van der Waals surface area contributed by atoms with Crippen LogP contribution in [0.5, 0.6) is 0 Å². The van der Waals surface area contributed by atoms with Crippen molar-refractivity contribution in [3.05, 3.63) is 11.7 Å². The van der Waals surface area contributed by atoms with Gasteiger partial charge in [0.2, 0.25) is 5.89 Å². The zero-order chi connectivity index (χ0) is 12.0. The van der Waals surface area contributed by atoms with Gasteiger partial charge >= 0.3 is 0 Å². The second-order valence-corrected chi connectivity index (χ2v) is 4.77. The molecule has 1 unspecified atom stereocenters. The molecule has 0 N–H and O–H groups in total. The summed E-state index contributed by atoms with van der Waals surface area (Å²) in [5, 5.41) is 4.12. The summed E-state index contributed by atoms with van der Waals surface area (Å²) < 4.78 is 5.27. The number of hydrogen-bond acceptors (Lipinski definition) is 3. The Morgan fingerprint density at radius 2 is 1.88 bits per heavy atom. The third-order valence-corrected chi connectivity index (χ3v) is 2.86. The molecule has 0 bridgehead atoms. The molecule has 16 heavy (non-hydrogen) atoms. The Morgan fingerprint density at radius 1 is 1.12 bits per heavy atom. The summed E-state index contributed by atoms with van der Waals surface area (Å²) in [4.78, 5) is 4.50. The van der Waals surface area contributed by atoms with Gasteiger partial charge in [0.1, 0.15) is 0 Å². The van der Waals surface area contributed by atoms with Gasteiger partial charge in [0, 0.05) is 11.8 Å². The molecular formula is C13H24N2O. The Hall–Kier alpha value is -0.860. The van der Waals surface area contributed by atoms with Crippen molar-refractivity contribution in [3.8, 4) is 0 Å². The lowest BCUT2D eigenvalue weighted by Gasteiger charge is -2.10. The first-order valence-corrected chi connectivity index (χ1v) is 6.52. The van der Waals surface area contributed by atoms with Crippen LogP contribution in [0.25, 0.3) is 0 Å². The Bertz CT molecular complexity index is 294. The highest BCUT2D eigenvalue weighted by Crippen LogP contribution is 2.25. The third kappa shape index (κ3) is 3.62. The van der Waals surface area contributed by atoms with Crippen molar-refractivity contribution in [2.45, 2.75) is 71.6 Å². The van der Waals surface area contributed by atoms with E-state index in [1.165, 1.54) is 25.7 Å². The molecule has 92 valence electrons. The van der Waals surface area contributed by atoms with Crippen molar-refractivity contribution < 1.29 is 4.52 Å². The van der Waals surface area contributed by atoms with Gasteiger partial charge in [-0.3, -0.25) is 0 Å². The molecule has 0 aliphatic heterocycles. The zero-order valence-electron chi connectivity index (χ0n) is 11.0. The maximum atomic E-state index is 5.27. The van der Waals surface area contributed by atoms with Crippen LogP contribution in [-0.4, -0.2) is 10.1 Å². The minimum absolute atomic E-state index is 0.328. The van der Waals surface area contributed by atoms with E-state index < -0.39 is 0 Å². The summed E-state index contributed by atoms with van der Waals surface area (Å²) in [6, 6.07) is 0. The molecule has 0 amide bonds. The molecule has 0 saturated heterocycles. The van der Waals surface area contributed by atoms with Crippen molar-refractivity contribution >= 4 is 0 Å². The maximum Gasteiger partial charge on any atom is 0.229 e. The van der Waals surface area contributed by atoms with Gasteiger partial charge in [-0.2, -0.15) is 4.98 Å². The number of hydrogen-bond donors (Lipinski definition) is 0. The average molecular weight is 224 g/mol. The molecular weight excluding hydrogens is 200 g/mol. The number of unbranched alkanes of at least 4 members (excludes halogenated alkanes) is 1. The van der Waals surface area contributed by atoms with E-state index in [-0.39, 0.29) is 0 Å². The van der Waals surface area contributed by atoms with Crippen LogP contribution in [-0.2, 0) is 0 Å². The van der Waals surface area contributed by atoms with Crippen LogP contribution in [0.1, 0.15) is 83.3 Å². The summed E-state index contributed by atoms with van der Waals surface area (Å²) in [5.41, 5.74) is 0. The molecule has 0 saturated carbocycles. The summed E-state index contributed by atoms with van der Waals surface area (Å²) in [5.74, 6) is 2.50. The fraction of sp³-hybridized carbons (Fsp3) is 0.846. The quantitative estimate of drug-likeness (QED) is 0.694. The smallest absolute Gasteiger partial charge is 0.229 e. The number of rotatable bonds is 7. The van der Waals surface area contributed by atoms with E-state index in [1.54, 1.807) is 0 Å². The normalized spacial score (nSPS) is 13.3. The van der Waals surface area contributed by atoms with E-state index in [1.807, 2.05) is 0 Å². The van der Waals surface area contributed by atoms with E-state index >= 15 is 0 Å². The first-order chi connectivity index (χ1) is 7.69. The highest BCUT2D eigenvalue weighted by Gasteiger charge is 2.18. The van der Waals surface area contributed by atoms with E-state index in [2.05, 4.69) is 37.8 Å². The molecule has 1 rings (SSSR count). The first-order valence-electron chi connectivity index (χ1n) is 6.52. The average Bonchev–Trinajstić information content (AvgIpc) is 2.73. The minimum atomic E-state index is 0.328. The van der Waals surface area contributed by atoms with Crippen molar-refractivity contribution in [1.29, 1.82) is 0 Å². The van der Waals surface area contributed by atoms with Gasteiger partial charge < -0.3 is 4.52 Å². The lowest BCUT2D eigenvalue weighted by Crippen LogP contribution is -2.01. The lowest BCUT2D eigenvalue weighted by atomic mass is 9.96. The highest BCUT2D eigenvalue weighted by molar-refractivity contribution is 4.97. The molecule has 3 nitrogen and oxygen atoms in total. The van der Waals surface area contributed by atoms with Crippen LogP contribution in [0.4, 0.5) is 0 Å². The van der Waals surface area contributed by atoms with Gasteiger partial charge in [-0.05, 0) is 12.8 Å². The van der Waals surface area contributed by atoms with Crippen LogP contribution in [0.3, 0.4) is 0 Å². The molecule has 0 radical (unpaired) electrons. The van der Waals surface area contributed by atoms with Crippen LogP contribution in [0.15, 0.2) is 4.52 Å². The fourth-order valence-corrected chi connectivity index (χ4v) is 1.85. The highest BCUT2D eigenvalue weighted by atomic mass is 16.5. The molecule has 1 atom stereocenters. The monoisotopic (exact) mass is 224 g/mol. The molecule has 0 aliphatic rings. The molecule has 1 aromatic rings. The lowest BCUT2D eigenvalue weighted by molar-refractivity contribution is 0.354. The van der Waals surface area contributed by atoms with Crippen molar-refractivity contribution in [1.82, 2.24) is 10.1 Å². The Labute approximate surface area is 98.6 Å². The first kappa shape index (κ1) is 13.2. The van der Waals surface area contributed by atoms with Crippen LogP contribution >= 0.6 is 0 Å². The summed E-state index contributed by atoms with van der Waals surface area (Å²) in [6.07, 6.45) is 6.00. The second kappa shape index (κ2) is 6.66. The predicted molar refractivity (Wildman–Crippen MR) is 65.6 cm³/mol. The van der Waals surface area contributed by atoms with E-state index in [9.17, 15) is 0 Å². The fourth-order valence-electron chi connectivity index (χ4n) is 1.85. The third-order valence-electron chi connectivity index (χ3n) is 2.86. The molecule has 3 heteroatoms. The topological polar surface area (TPSA) is 38.9 Å². The number of aromatic nitrogens is 2.